The lowest BCUT2D eigenvalue weighted by atomic mass is 10.1. The molecule has 1 N–H and O–H groups in total. The summed E-state index contributed by atoms with van der Waals surface area (Å²) in [6.45, 7) is 0. The Morgan fingerprint density at radius 1 is 0.960 bits per heavy atom. The zero-order valence-corrected chi connectivity index (χ0v) is 13.7. The Bertz CT molecular complexity index is 1060. The molecule has 0 aromatic heterocycles. The number of hydrogen-bond donors (Lipinski definition) is 1. The second kappa shape index (κ2) is 6.70. The summed E-state index contributed by atoms with van der Waals surface area (Å²) in [5.41, 5.74) is 0.487. The second-order valence-corrected chi connectivity index (χ2v) is 6.87. The van der Waals surface area contributed by atoms with E-state index in [9.17, 15) is 18.5 Å². The zero-order valence-electron chi connectivity index (χ0n) is 12.9. The first-order valence-electron chi connectivity index (χ1n) is 7.24. The van der Waals surface area contributed by atoms with E-state index in [-0.39, 0.29) is 10.6 Å². The molecule has 0 saturated heterocycles. The van der Waals surface area contributed by atoms with Crippen LogP contribution < -0.4 is 4.83 Å². The van der Waals surface area contributed by atoms with Crippen LogP contribution in [0.25, 0.3) is 10.8 Å². The molecule has 0 radical (unpaired) electrons. The molecule has 0 heterocycles. The Labute approximate surface area is 143 Å². The molecule has 3 rings (SSSR count). The number of rotatable bonds is 5. The average Bonchev–Trinajstić information content (AvgIpc) is 2.61. The molecule has 0 atom stereocenters. The molecule has 3 aromatic rings. The van der Waals surface area contributed by atoms with Gasteiger partial charge in [0.1, 0.15) is 0 Å². The summed E-state index contributed by atoms with van der Waals surface area (Å²) in [5.74, 6) is 0. The van der Waals surface area contributed by atoms with Crippen LogP contribution in [0.3, 0.4) is 0 Å². The van der Waals surface area contributed by atoms with E-state index in [0.29, 0.717) is 5.56 Å². The monoisotopic (exact) mass is 355 g/mol. The summed E-state index contributed by atoms with van der Waals surface area (Å²) in [6.07, 6.45) is 1.28. The highest BCUT2D eigenvalue weighted by atomic mass is 32.2. The van der Waals surface area contributed by atoms with Gasteiger partial charge in [0.15, 0.2) is 0 Å². The fraction of sp³-hybridized carbons (Fsp3) is 0. The van der Waals surface area contributed by atoms with Crippen molar-refractivity contribution >= 4 is 32.7 Å². The van der Waals surface area contributed by atoms with E-state index in [0.717, 1.165) is 10.8 Å². The Balaban J connectivity index is 1.77. The van der Waals surface area contributed by atoms with E-state index in [2.05, 4.69) is 9.93 Å². The molecule has 0 bridgehead atoms. The standard InChI is InChI=1S/C17H13N3O4S/c21-20(22)16-8-5-13(6-9-16)12-18-19-25(23,24)17-10-7-14-3-1-2-4-15(14)11-17/h1-12,19H/b18-12+. The van der Waals surface area contributed by atoms with Crippen molar-refractivity contribution < 1.29 is 13.3 Å². The first kappa shape index (κ1) is 16.6. The van der Waals surface area contributed by atoms with Crippen molar-refractivity contribution in [2.75, 3.05) is 0 Å². The zero-order chi connectivity index (χ0) is 17.9. The quantitative estimate of drug-likeness (QED) is 0.432. The van der Waals surface area contributed by atoms with E-state index < -0.39 is 14.9 Å². The van der Waals surface area contributed by atoms with E-state index in [1.54, 1.807) is 12.1 Å². The van der Waals surface area contributed by atoms with Gasteiger partial charge in [-0.3, -0.25) is 10.1 Å². The lowest BCUT2D eigenvalue weighted by molar-refractivity contribution is -0.384. The molecule has 0 fully saturated rings. The normalized spacial score (nSPS) is 11.7. The maximum Gasteiger partial charge on any atom is 0.276 e. The first-order valence-corrected chi connectivity index (χ1v) is 8.72. The van der Waals surface area contributed by atoms with Gasteiger partial charge in [-0.05, 0) is 40.6 Å². The maximum absolute atomic E-state index is 12.3. The van der Waals surface area contributed by atoms with Crippen molar-refractivity contribution in [1.29, 1.82) is 0 Å². The number of non-ortho nitro benzene ring substituents is 1. The highest BCUT2D eigenvalue weighted by Crippen LogP contribution is 2.18. The summed E-state index contributed by atoms with van der Waals surface area (Å²) in [4.78, 5) is 12.3. The van der Waals surface area contributed by atoms with E-state index in [1.165, 1.54) is 36.5 Å². The van der Waals surface area contributed by atoms with Gasteiger partial charge in [-0.1, -0.05) is 30.3 Å². The number of benzene rings is 3. The Morgan fingerprint density at radius 2 is 1.64 bits per heavy atom. The van der Waals surface area contributed by atoms with Crippen molar-refractivity contribution in [3.63, 3.8) is 0 Å². The van der Waals surface area contributed by atoms with Crippen LogP contribution >= 0.6 is 0 Å². The molecular weight excluding hydrogens is 342 g/mol. The average molecular weight is 355 g/mol. The van der Waals surface area contributed by atoms with Gasteiger partial charge >= 0.3 is 0 Å². The fourth-order valence-corrected chi connectivity index (χ4v) is 3.07. The molecular formula is C17H13N3O4S. The minimum atomic E-state index is -3.80. The number of fused-ring (bicyclic) bond motifs is 1. The maximum atomic E-state index is 12.3. The van der Waals surface area contributed by atoms with Gasteiger partial charge in [-0.25, -0.2) is 4.83 Å². The highest BCUT2D eigenvalue weighted by Gasteiger charge is 2.13. The van der Waals surface area contributed by atoms with Gasteiger partial charge in [0.25, 0.3) is 15.7 Å². The molecule has 0 aliphatic heterocycles. The van der Waals surface area contributed by atoms with Crippen LogP contribution in [0, 0.1) is 10.1 Å². The SMILES string of the molecule is O=[N+]([O-])c1ccc(/C=N/NS(=O)(=O)c2ccc3ccccc3c2)cc1. The van der Waals surface area contributed by atoms with Crippen LogP contribution in [0.15, 0.2) is 76.7 Å². The molecule has 0 unspecified atom stereocenters. The van der Waals surface area contributed by atoms with Crippen molar-refractivity contribution in [2.24, 2.45) is 5.10 Å². The molecule has 7 nitrogen and oxygen atoms in total. The molecule has 0 amide bonds. The summed E-state index contributed by atoms with van der Waals surface area (Å²) >= 11 is 0. The van der Waals surface area contributed by atoms with Crippen LogP contribution in [0.5, 0.6) is 0 Å². The Kier molecular flexibility index (Phi) is 4.44. The molecule has 0 aliphatic carbocycles. The van der Waals surface area contributed by atoms with Crippen molar-refractivity contribution in [2.45, 2.75) is 4.90 Å². The van der Waals surface area contributed by atoms with E-state index in [1.807, 2.05) is 24.3 Å². The van der Waals surface area contributed by atoms with Crippen LogP contribution in [0.1, 0.15) is 5.56 Å². The van der Waals surface area contributed by atoms with Crippen molar-refractivity contribution in [1.82, 2.24) is 4.83 Å². The molecule has 0 spiro atoms. The van der Waals surface area contributed by atoms with Crippen LogP contribution in [0.2, 0.25) is 0 Å². The largest absolute Gasteiger partial charge is 0.276 e. The van der Waals surface area contributed by atoms with Crippen LogP contribution in [0.4, 0.5) is 5.69 Å². The summed E-state index contributed by atoms with van der Waals surface area (Å²) < 4.78 is 24.6. The van der Waals surface area contributed by atoms with Crippen molar-refractivity contribution in [3.05, 3.63) is 82.4 Å². The number of nitro benzene ring substituents is 1. The number of hydrogen-bond acceptors (Lipinski definition) is 5. The molecule has 25 heavy (non-hydrogen) atoms. The molecule has 0 saturated carbocycles. The molecule has 0 aliphatic rings. The highest BCUT2D eigenvalue weighted by molar-refractivity contribution is 7.89. The van der Waals surface area contributed by atoms with Gasteiger partial charge < -0.3 is 0 Å². The number of sulfonamides is 1. The minimum Gasteiger partial charge on any atom is -0.258 e. The van der Waals surface area contributed by atoms with Crippen LogP contribution in [-0.2, 0) is 10.0 Å². The van der Waals surface area contributed by atoms with Gasteiger partial charge in [0.2, 0.25) is 0 Å². The third kappa shape index (κ3) is 3.81. The molecule has 126 valence electrons. The van der Waals surface area contributed by atoms with Gasteiger partial charge in [-0.15, -0.1) is 0 Å². The molecule has 3 aromatic carbocycles. The number of nitro groups is 1. The summed E-state index contributed by atoms with van der Waals surface area (Å²) in [6, 6.07) is 17.8. The molecule has 8 heteroatoms. The predicted molar refractivity (Wildman–Crippen MR) is 95.0 cm³/mol. The summed E-state index contributed by atoms with van der Waals surface area (Å²) in [5, 5.41) is 16.0. The van der Waals surface area contributed by atoms with E-state index in [4.69, 9.17) is 0 Å². The Morgan fingerprint density at radius 3 is 2.32 bits per heavy atom. The number of hydrazone groups is 1. The predicted octanol–water partition coefficient (Wildman–Crippen LogP) is 3.06. The fourth-order valence-electron chi connectivity index (χ4n) is 2.24. The lowest BCUT2D eigenvalue weighted by Gasteiger charge is -2.05. The Hall–Kier alpha value is -3.26. The first-order chi connectivity index (χ1) is 12.0. The number of nitrogens with zero attached hydrogens (tertiary/aromatic N) is 2. The van der Waals surface area contributed by atoms with Gasteiger partial charge in [0.05, 0.1) is 16.0 Å². The lowest BCUT2D eigenvalue weighted by Crippen LogP contribution is -2.18. The smallest absolute Gasteiger partial charge is 0.258 e. The van der Waals surface area contributed by atoms with Gasteiger partial charge in [0, 0.05) is 12.1 Å². The third-order valence-corrected chi connectivity index (χ3v) is 4.74. The topological polar surface area (TPSA) is 102 Å². The number of nitrogens with one attached hydrogen (secondary N) is 1. The van der Waals surface area contributed by atoms with Gasteiger partial charge in [-0.2, -0.15) is 13.5 Å². The second-order valence-electron chi connectivity index (χ2n) is 5.21. The van der Waals surface area contributed by atoms with Crippen LogP contribution in [-0.4, -0.2) is 19.6 Å². The van der Waals surface area contributed by atoms with E-state index >= 15 is 0 Å². The summed E-state index contributed by atoms with van der Waals surface area (Å²) in [7, 11) is -3.80. The minimum absolute atomic E-state index is 0.0473. The van der Waals surface area contributed by atoms with Crippen molar-refractivity contribution in [3.8, 4) is 0 Å². The third-order valence-electron chi connectivity index (χ3n) is 3.52.